The van der Waals surface area contributed by atoms with Crippen molar-refractivity contribution in [2.75, 3.05) is 48.7 Å². The number of benzene rings is 4. The van der Waals surface area contributed by atoms with E-state index in [4.69, 9.17) is 0 Å². The molecule has 2 saturated heterocycles. The van der Waals surface area contributed by atoms with E-state index in [-0.39, 0.29) is 12.1 Å². The van der Waals surface area contributed by atoms with Gasteiger partial charge in [0.15, 0.2) is 0 Å². The lowest BCUT2D eigenvalue weighted by molar-refractivity contribution is 0.128. The Bertz CT molecular complexity index is 1300. The van der Waals surface area contributed by atoms with Gasteiger partial charge in [0.1, 0.15) is 12.3 Å². The van der Waals surface area contributed by atoms with Crippen LogP contribution >= 0.6 is 15.9 Å². The fourth-order valence-electron chi connectivity index (χ4n) is 5.50. The Morgan fingerprint density at radius 1 is 0.644 bits per heavy atom. The number of likely N-dealkylation sites (tertiary alicyclic amines) is 1. The second-order valence-corrected chi connectivity index (χ2v) is 12.3. The molecule has 6 rings (SSSR count). The van der Waals surface area contributed by atoms with Gasteiger partial charge in [0.2, 0.25) is 0 Å². The first-order chi connectivity index (χ1) is 22.1. The van der Waals surface area contributed by atoms with Crippen LogP contribution in [0.1, 0.15) is 24.0 Å². The number of hydrogen-bond donors (Lipinski definition) is 3. The number of piperidine rings is 2. The first-order valence-corrected chi connectivity index (χ1v) is 17.2. The predicted molar refractivity (Wildman–Crippen MR) is 190 cm³/mol. The summed E-state index contributed by atoms with van der Waals surface area (Å²) in [7, 11) is 0. The molecule has 2 heterocycles. The Hall–Kier alpha value is -3.26. The maximum absolute atomic E-state index is 14.4. The van der Waals surface area contributed by atoms with E-state index in [1.807, 2.05) is 72.8 Å². The van der Waals surface area contributed by atoms with Gasteiger partial charge in [-0.1, -0.05) is 113 Å². The minimum absolute atomic E-state index is 0.0429. The molecule has 0 radical (unpaired) electrons. The minimum atomic E-state index is -0.815. The molecule has 4 aromatic rings. The van der Waals surface area contributed by atoms with Crippen molar-refractivity contribution in [3.05, 3.63) is 132 Å². The Labute approximate surface area is 276 Å². The standard InChI is InChI=1S/C19H23FN2.C11H15FN2.C8H9Br/c20-18-15-22(13-11-16-7-3-1-4-8-16)14-12-19(18)21-17-9-5-2-6-10-17;12-10-8-13-7-6-11(10)14-9-4-2-1-3-5-9;9-7-6-8-4-2-1-3-5-8/h1-10,18-19,21H,11-15H2;1-5,10-11,13-14H,6-8H2;1-5H,6-7H2. The number of nitrogens with one attached hydrogen (secondary N) is 3. The maximum atomic E-state index is 14.4. The molecule has 7 heteroatoms. The highest BCUT2D eigenvalue weighted by Gasteiger charge is 2.28. The van der Waals surface area contributed by atoms with Gasteiger partial charge in [-0.2, -0.15) is 0 Å². The Kier molecular flexibility index (Phi) is 15.4. The molecular weight excluding hydrogens is 630 g/mol. The Balaban J connectivity index is 0.000000171. The van der Waals surface area contributed by atoms with Gasteiger partial charge in [0.05, 0.1) is 12.1 Å². The number of nitrogens with zero attached hydrogens (tertiary/aromatic N) is 1. The van der Waals surface area contributed by atoms with Crippen molar-refractivity contribution in [1.82, 2.24) is 10.2 Å². The Morgan fingerprint density at radius 2 is 1.13 bits per heavy atom. The van der Waals surface area contributed by atoms with Crippen LogP contribution < -0.4 is 16.0 Å². The zero-order chi connectivity index (χ0) is 31.5. The topological polar surface area (TPSA) is 39.3 Å². The van der Waals surface area contributed by atoms with E-state index in [0.29, 0.717) is 13.1 Å². The third kappa shape index (κ3) is 12.9. The van der Waals surface area contributed by atoms with Crippen molar-refractivity contribution in [1.29, 1.82) is 0 Å². The molecule has 0 bridgehead atoms. The summed E-state index contributed by atoms with van der Waals surface area (Å²) in [5.41, 5.74) is 4.73. The van der Waals surface area contributed by atoms with Crippen molar-refractivity contribution in [3.63, 3.8) is 0 Å². The largest absolute Gasteiger partial charge is 0.379 e. The number of para-hydroxylation sites is 2. The van der Waals surface area contributed by atoms with Crippen LogP contribution in [-0.2, 0) is 12.8 Å². The molecule has 0 spiro atoms. The fraction of sp³-hybridized carbons (Fsp3) is 0.368. The van der Waals surface area contributed by atoms with E-state index < -0.39 is 12.3 Å². The van der Waals surface area contributed by atoms with Crippen LogP contribution in [0, 0.1) is 0 Å². The van der Waals surface area contributed by atoms with E-state index in [1.54, 1.807) is 0 Å². The van der Waals surface area contributed by atoms with Crippen LogP contribution in [0.15, 0.2) is 121 Å². The molecule has 3 N–H and O–H groups in total. The van der Waals surface area contributed by atoms with E-state index in [2.05, 4.69) is 85.3 Å². The van der Waals surface area contributed by atoms with E-state index in [9.17, 15) is 8.78 Å². The van der Waals surface area contributed by atoms with Crippen LogP contribution in [0.2, 0.25) is 0 Å². The number of aryl methyl sites for hydroxylation is 1. The molecule has 2 aliphatic heterocycles. The first kappa shape index (κ1) is 34.6. The summed E-state index contributed by atoms with van der Waals surface area (Å²) < 4.78 is 27.8. The monoisotopic (exact) mass is 676 g/mol. The van der Waals surface area contributed by atoms with Gasteiger partial charge in [0.25, 0.3) is 0 Å². The van der Waals surface area contributed by atoms with Gasteiger partial charge in [-0.15, -0.1) is 0 Å². The van der Waals surface area contributed by atoms with E-state index in [1.165, 1.54) is 11.1 Å². The van der Waals surface area contributed by atoms with Crippen LogP contribution in [0.3, 0.4) is 0 Å². The summed E-state index contributed by atoms with van der Waals surface area (Å²) in [6, 6.07) is 40.5. The molecule has 4 unspecified atom stereocenters. The molecule has 45 heavy (non-hydrogen) atoms. The van der Waals surface area contributed by atoms with E-state index >= 15 is 0 Å². The zero-order valence-electron chi connectivity index (χ0n) is 26.0. The van der Waals surface area contributed by atoms with Crippen molar-refractivity contribution in [2.24, 2.45) is 0 Å². The summed E-state index contributed by atoms with van der Waals surface area (Å²) in [6.45, 7) is 3.77. The predicted octanol–water partition coefficient (Wildman–Crippen LogP) is 8.18. The lowest BCUT2D eigenvalue weighted by Crippen LogP contribution is -2.48. The quantitative estimate of drug-likeness (QED) is 0.156. The summed E-state index contributed by atoms with van der Waals surface area (Å²) in [6.07, 6.45) is 2.21. The third-order valence-corrected chi connectivity index (χ3v) is 8.47. The third-order valence-electron chi connectivity index (χ3n) is 8.07. The highest BCUT2D eigenvalue weighted by molar-refractivity contribution is 9.09. The summed E-state index contributed by atoms with van der Waals surface area (Å²) in [5, 5.41) is 10.6. The average molecular weight is 678 g/mol. The van der Waals surface area contributed by atoms with Gasteiger partial charge in [0, 0.05) is 42.9 Å². The van der Waals surface area contributed by atoms with Gasteiger partial charge in [-0.3, -0.25) is 4.90 Å². The van der Waals surface area contributed by atoms with Crippen molar-refractivity contribution >= 4 is 27.3 Å². The normalized spacial score (nSPS) is 21.3. The molecule has 0 aromatic heterocycles. The van der Waals surface area contributed by atoms with E-state index in [0.717, 1.165) is 62.0 Å². The molecule has 0 aliphatic carbocycles. The summed E-state index contributed by atoms with van der Waals surface area (Å²) in [4.78, 5) is 2.24. The van der Waals surface area contributed by atoms with Gasteiger partial charge < -0.3 is 16.0 Å². The molecular formula is C38H47BrF2N4. The number of halogens is 3. The second-order valence-electron chi connectivity index (χ2n) is 11.5. The van der Waals surface area contributed by atoms with Gasteiger partial charge in [-0.05, 0) is 67.6 Å². The zero-order valence-corrected chi connectivity index (χ0v) is 27.6. The number of anilines is 2. The number of hydrogen-bond acceptors (Lipinski definition) is 4. The molecule has 4 atom stereocenters. The van der Waals surface area contributed by atoms with Crippen molar-refractivity contribution in [2.45, 2.75) is 50.1 Å². The van der Waals surface area contributed by atoms with Crippen molar-refractivity contribution in [3.8, 4) is 0 Å². The molecule has 240 valence electrons. The highest BCUT2D eigenvalue weighted by atomic mass is 79.9. The molecule has 2 aliphatic rings. The van der Waals surface area contributed by atoms with Gasteiger partial charge >= 0.3 is 0 Å². The maximum Gasteiger partial charge on any atom is 0.133 e. The second kappa shape index (κ2) is 20.0. The smallest absolute Gasteiger partial charge is 0.133 e. The molecule has 0 saturated carbocycles. The molecule has 4 aromatic carbocycles. The average Bonchev–Trinajstić information content (AvgIpc) is 3.09. The van der Waals surface area contributed by atoms with Gasteiger partial charge in [-0.25, -0.2) is 8.78 Å². The Morgan fingerprint density at radius 3 is 1.62 bits per heavy atom. The lowest BCUT2D eigenvalue weighted by atomic mass is 10.0. The van der Waals surface area contributed by atoms with Crippen molar-refractivity contribution < 1.29 is 8.78 Å². The van der Waals surface area contributed by atoms with Crippen LogP contribution in [0.4, 0.5) is 20.2 Å². The molecule has 0 amide bonds. The SMILES string of the molecule is BrCCc1ccccc1.FC1CN(CCc2ccccc2)CCC1Nc1ccccc1.FC1CNCCC1Nc1ccccc1. The minimum Gasteiger partial charge on any atom is -0.379 e. The number of alkyl halides is 3. The lowest BCUT2D eigenvalue weighted by Gasteiger charge is -2.35. The van der Waals surface area contributed by atoms with Crippen LogP contribution in [-0.4, -0.2) is 67.4 Å². The van der Waals surface area contributed by atoms with Crippen LogP contribution in [0.5, 0.6) is 0 Å². The summed E-state index contributed by atoms with van der Waals surface area (Å²) >= 11 is 3.39. The molecule has 4 nitrogen and oxygen atoms in total. The number of rotatable bonds is 9. The highest BCUT2D eigenvalue weighted by Crippen LogP contribution is 2.20. The fourth-order valence-corrected chi connectivity index (χ4v) is 5.96. The summed E-state index contributed by atoms with van der Waals surface area (Å²) in [5.74, 6) is 0. The molecule has 2 fully saturated rings. The van der Waals surface area contributed by atoms with Crippen LogP contribution in [0.25, 0.3) is 0 Å². The first-order valence-electron chi connectivity index (χ1n) is 16.1.